The summed E-state index contributed by atoms with van der Waals surface area (Å²) in [6.45, 7) is 2.63. The van der Waals surface area contributed by atoms with Gasteiger partial charge in [-0.15, -0.1) is 0 Å². The van der Waals surface area contributed by atoms with Crippen molar-refractivity contribution in [3.05, 3.63) is 101 Å². The summed E-state index contributed by atoms with van der Waals surface area (Å²) < 4.78 is 26.1. The molecule has 0 aromatic heterocycles. The number of amides is 1. The minimum Gasteiger partial charge on any atom is -0.348 e. The quantitative estimate of drug-likeness (QED) is 0.645. The fraction of sp³-hybridized carbons (Fsp3) is 0.174. The lowest BCUT2D eigenvalue weighted by Crippen LogP contribution is -2.29. The van der Waals surface area contributed by atoms with Crippen molar-refractivity contribution < 1.29 is 13.2 Å². The minimum absolute atomic E-state index is 0.204. The van der Waals surface area contributed by atoms with Crippen LogP contribution in [0.3, 0.4) is 0 Å². The van der Waals surface area contributed by atoms with Gasteiger partial charge in [0.25, 0.3) is 5.91 Å². The number of benzene rings is 3. The highest BCUT2D eigenvalue weighted by Gasteiger charge is 2.19. The first-order chi connectivity index (χ1) is 13.8. The Labute approximate surface area is 172 Å². The molecule has 0 heterocycles. The Balaban J connectivity index is 1.75. The van der Waals surface area contributed by atoms with E-state index in [9.17, 15) is 13.2 Å². The number of carbonyl (C=O) groups excluding carboxylic acids is 1. The molecule has 0 bridgehead atoms. The largest absolute Gasteiger partial charge is 0.348 e. The van der Waals surface area contributed by atoms with Gasteiger partial charge in [0.15, 0.2) is 0 Å². The summed E-state index contributed by atoms with van der Waals surface area (Å²) in [6, 6.07) is 24.0. The van der Waals surface area contributed by atoms with E-state index in [1.165, 1.54) is 10.6 Å². The molecule has 3 aromatic carbocycles. The van der Waals surface area contributed by atoms with Crippen molar-refractivity contribution in [1.82, 2.24) is 5.32 Å². The Morgan fingerprint density at radius 2 is 1.52 bits per heavy atom. The van der Waals surface area contributed by atoms with Crippen molar-refractivity contribution in [1.29, 1.82) is 0 Å². The van der Waals surface area contributed by atoms with Gasteiger partial charge < -0.3 is 5.32 Å². The molecular weight excluding hydrogens is 384 g/mol. The highest BCUT2D eigenvalue weighted by Crippen LogP contribution is 2.22. The number of anilines is 1. The fourth-order valence-electron chi connectivity index (χ4n) is 3.00. The lowest BCUT2D eigenvalue weighted by atomic mass is 10.1. The zero-order chi connectivity index (χ0) is 20.9. The Kier molecular flexibility index (Phi) is 6.34. The van der Waals surface area contributed by atoms with Crippen molar-refractivity contribution in [2.24, 2.45) is 0 Å². The second-order valence-electron chi connectivity index (χ2n) is 6.91. The molecule has 0 spiro atoms. The average molecular weight is 409 g/mol. The molecule has 29 heavy (non-hydrogen) atoms. The number of carbonyl (C=O) groups is 1. The van der Waals surface area contributed by atoms with Gasteiger partial charge >= 0.3 is 0 Å². The van der Waals surface area contributed by atoms with Gasteiger partial charge in [0, 0.05) is 12.1 Å². The summed E-state index contributed by atoms with van der Waals surface area (Å²) in [4.78, 5) is 12.4. The van der Waals surface area contributed by atoms with Crippen LogP contribution in [0.15, 0.2) is 78.9 Å². The topological polar surface area (TPSA) is 66.5 Å². The van der Waals surface area contributed by atoms with Gasteiger partial charge in [-0.2, -0.15) is 0 Å². The molecule has 0 saturated heterocycles. The van der Waals surface area contributed by atoms with E-state index >= 15 is 0 Å². The van der Waals surface area contributed by atoms with Crippen LogP contribution in [0.5, 0.6) is 0 Å². The first-order valence-electron chi connectivity index (χ1n) is 9.29. The fourth-order valence-corrected chi connectivity index (χ4v) is 3.88. The van der Waals surface area contributed by atoms with Gasteiger partial charge in [0.1, 0.15) is 0 Å². The SMILES string of the molecule is Cc1ccccc1CN(c1ccc(C(=O)NCc2ccccc2)cc1)S(C)(=O)=O. The first-order valence-corrected chi connectivity index (χ1v) is 11.1. The number of rotatable bonds is 7. The number of nitrogens with zero attached hydrogens (tertiary/aromatic N) is 1. The van der Waals surface area contributed by atoms with Gasteiger partial charge in [-0.05, 0) is 47.9 Å². The molecular formula is C23H24N2O3S. The van der Waals surface area contributed by atoms with Gasteiger partial charge in [-0.25, -0.2) is 8.42 Å². The van der Waals surface area contributed by atoms with Crippen LogP contribution in [0.1, 0.15) is 27.0 Å². The second-order valence-corrected chi connectivity index (χ2v) is 8.82. The van der Waals surface area contributed by atoms with Crippen LogP contribution in [0.2, 0.25) is 0 Å². The number of hydrogen-bond donors (Lipinski definition) is 1. The molecule has 0 aliphatic rings. The van der Waals surface area contributed by atoms with E-state index in [1.54, 1.807) is 24.3 Å². The summed E-state index contributed by atoms with van der Waals surface area (Å²) >= 11 is 0. The molecule has 150 valence electrons. The molecule has 1 amide bonds. The zero-order valence-electron chi connectivity index (χ0n) is 16.5. The van der Waals surface area contributed by atoms with E-state index in [-0.39, 0.29) is 12.5 Å². The molecule has 0 atom stereocenters. The van der Waals surface area contributed by atoms with Gasteiger partial charge in [-0.3, -0.25) is 9.10 Å². The monoisotopic (exact) mass is 408 g/mol. The highest BCUT2D eigenvalue weighted by molar-refractivity contribution is 7.92. The third-order valence-electron chi connectivity index (χ3n) is 4.69. The van der Waals surface area contributed by atoms with Crippen molar-refractivity contribution in [2.45, 2.75) is 20.0 Å². The number of sulfonamides is 1. The van der Waals surface area contributed by atoms with E-state index in [0.717, 1.165) is 16.7 Å². The third-order valence-corrected chi connectivity index (χ3v) is 5.83. The minimum atomic E-state index is -3.48. The molecule has 3 rings (SSSR count). The number of hydrogen-bond acceptors (Lipinski definition) is 3. The number of nitrogens with one attached hydrogen (secondary N) is 1. The van der Waals surface area contributed by atoms with Gasteiger partial charge in [0.05, 0.1) is 18.5 Å². The van der Waals surface area contributed by atoms with E-state index in [2.05, 4.69) is 5.32 Å². The van der Waals surface area contributed by atoms with Crippen molar-refractivity contribution in [3.63, 3.8) is 0 Å². The molecule has 0 aliphatic heterocycles. The molecule has 1 N–H and O–H groups in total. The predicted octanol–water partition coefficient (Wildman–Crippen LogP) is 3.89. The van der Waals surface area contributed by atoms with E-state index in [4.69, 9.17) is 0 Å². The molecule has 3 aromatic rings. The summed E-state index contributed by atoms with van der Waals surface area (Å²) in [5.41, 5.74) is 3.98. The normalized spacial score (nSPS) is 11.1. The maximum atomic E-state index is 12.4. The summed E-state index contributed by atoms with van der Waals surface area (Å²) in [5, 5.41) is 2.87. The Hall–Kier alpha value is -3.12. The van der Waals surface area contributed by atoms with Crippen LogP contribution < -0.4 is 9.62 Å². The summed E-state index contributed by atoms with van der Waals surface area (Å²) in [5.74, 6) is -0.204. The molecule has 6 heteroatoms. The van der Waals surface area contributed by atoms with Crippen LogP contribution in [0, 0.1) is 6.92 Å². The van der Waals surface area contributed by atoms with Crippen LogP contribution >= 0.6 is 0 Å². The second kappa shape index (κ2) is 8.92. The zero-order valence-corrected chi connectivity index (χ0v) is 17.3. The molecule has 0 aliphatic carbocycles. The van der Waals surface area contributed by atoms with Crippen LogP contribution in [-0.2, 0) is 23.1 Å². The predicted molar refractivity (Wildman–Crippen MR) is 116 cm³/mol. The Bertz CT molecular complexity index is 1080. The van der Waals surface area contributed by atoms with Crippen molar-refractivity contribution in [2.75, 3.05) is 10.6 Å². The molecule has 0 saturated carbocycles. The smallest absolute Gasteiger partial charge is 0.251 e. The molecule has 0 fully saturated rings. The van der Waals surface area contributed by atoms with Gasteiger partial charge in [0.2, 0.25) is 10.0 Å². The van der Waals surface area contributed by atoms with Crippen molar-refractivity contribution >= 4 is 21.6 Å². The maximum absolute atomic E-state index is 12.4. The van der Waals surface area contributed by atoms with Crippen LogP contribution in [0.25, 0.3) is 0 Å². The lowest BCUT2D eigenvalue weighted by Gasteiger charge is -2.23. The summed E-state index contributed by atoms with van der Waals surface area (Å²) in [7, 11) is -3.48. The van der Waals surface area contributed by atoms with Gasteiger partial charge in [-0.1, -0.05) is 54.6 Å². The maximum Gasteiger partial charge on any atom is 0.251 e. The Morgan fingerprint density at radius 1 is 0.897 bits per heavy atom. The number of aryl methyl sites for hydroxylation is 1. The highest BCUT2D eigenvalue weighted by atomic mass is 32.2. The summed E-state index contributed by atoms with van der Waals surface area (Å²) in [6.07, 6.45) is 1.19. The van der Waals surface area contributed by atoms with Crippen LogP contribution in [-0.4, -0.2) is 20.6 Å². The third kappa shape index (κ3) is 5.45. The Morgan fingerprint density at radius 3 is 2.14 bits per heavy atom. The van der Waals surface area contributed by atoms with E-state index in [1.807, 2.05) is 61.5 Å². The lowest BCUT2D eigenvalue weighted by molar-refractivity contribution is 0.0951. The molecule has 0 radical (unpaired) electrons. The molecule has 5 nitrogen and oxygen atoms in total. The van der Waals surface area contributed by atoms with E-state index in [0.29, 0.717) is 17.8 Å². The van der Waals surface area contributed by atoms with Crippen molar-refractivity contribution in [3.8, 4) is 0 Å². The van der Waals surface area contributed by atoms with Crippen LogP contribution in [0.4, 0.5) is 5.69 Å². The average Bonchev–Trinajstić information content (AvgIpc) is 2.71. The first kappa shape index (κ1) is 20.6. The van der Waals surface area contributed by atoms with E-state index < -0.39 is 10.0 Å². The standard InChI is InChI=1S/C23H24N2O3S/c1-18-8-6-7-11-21(18)17-25(29(2,27)28)22-14-12-20(13-15-22)23(26)24-16-19-9-4-3-5-10-19/h3-15H,16-17H2,1-2H3,(H,24,26). The molecule has 0 unspecified atom stereocenters.